The average Bonchev–Trinajstić information content (AvgIpc) is 2.29. The van der Waals surface area contributed by atoms with Crippen LogP contribution in [0.1, 0.15) is 53.4 Å². The van der Waals surface area contributed by atoms with Crippen LogP contribution < -0.4 is 5.32 Å². The van der Waals surface area contributed by atoms with Gasteiger partial charge in [-0.3, -0.25) is 0 Å². The van der Waals surface area contributed by atoms with Crippen LogP contribution in [0.3, 0.4) is 0 Å². The van der Waals surface area contributed by atoms with E-state index in [9.17, 15) is 0 Å². The fraction of sp³-hybridized carbons (Fsp3) is 1.00. The monoisotopic (exact) mass is 240 g/mol. The summed E-state index contributed by atoms with van der Waals surface area (Å²) in [6.45, 7) is 15.6. The highest BCUT2D eigenvalue weighted by Gasteiger charge is 2.27. The molecule has 1 aliphatic rings. The first-order chi connectivity index (χ1) is 8.09. The highest BCUT2D eigenvalue weighted by molar-refractivity contribution is 4.82. The molecule has 0 bridgehead atoms. The van der Waals surface area contributed by atoms with Gasteiger partial charge in [-0.1, -0.05) is 27.7 Å². The van der Waals surface area contributed by atoms with Crippen LogP contribution in [0.15, 0.2) is 0 Å². The molecule has 102 valence electrons. The second-order valence-corrected chi connectivity index (χ2v) is 6.32. The van der Waals surface area contributed by atoms with E-state index in [1.807, 2.05) is 0 Å². The predicted molar refractivity (Wildman–Crippen MR) is 76.4 cm³/mol. The minimum Gasteiger partial charge on any atom is -0.316 e. The number of rotatable bonds is 7. The lowest BCUT2D eigenvalue weighted by molar-refractivity contribution is 0.112. The third kappa shape index (κ3) is 5.39. The molecule has 0 spiro atoms. The third-order valence-electron chi connectivity index (χ3n) is 4.18. The number of nitrogens with one attached hydrogen (secondary N) is 1. The third-order valence-corrected chi connectivity index (χ3v) is 4.18. The Morgan fingerprint density at radius 3 is 2.71 bits per heavy atom. The number of piperidine rings is 1. The topological polar surface area (TPSA) is 15.3 Å². The van der Waals surface area contributed by atoms with E-state index in [0.717, 1.165) is 12.5 Å². The molecule has 0 aromatic heterocycles. The van der Waals surface area contributed by atoms with Gasteiger partial charge in [-0.25, -0.2) is 0 Å². The molecule has 0 radical (unpaired) electrons. The van der Waals surface area contributed by atoms with Gasteiger partial charge in [0.2, 0.25) is 0 Å². The standard InChI is InChI=1S/C15H32N2/c1-5-9-16-12-15(4,6-2)13-17-10-7-8-14(3)11-17/h14,16H,5-13H2,1-4H3. The van der Waals surface area contributed by atoms with Gasteiger partial charge in [0, 0.05) is 19.6 Å². The van der Waals surface area contributed by atoms with Crippen LogP contribution in [0.2, 0.25) is 0 Å². The lowest BCUT2D eigenvalue weighted by atomic mass is 9.85. The molecular formula is C15H32N2. The van der Waals surface area contributed by atoms with Crippen molar-refractivity contribution in [3.05, 3.63) is 0 Å². The molecule has 1 aliphatic heterocycles. The van der Waals surface area contributed by atoms with E-state index < -0.39 is 0 Å². The average molecular weight is 240 g/mol. The fourth-order valence-electron chi connectivity index (χ4n) is 2.83. The summed E-state index contributed by atoms with van der Waals surface area (Å²) in [5.74, 6) is 0.897. The molecule has 2 unspecified atom stereocenters. The van der Waals surface area contributed by atoms with Crippen LogP contribution in [0.25, 0.3) is 0 Å². The van der Waals surface area contributed by atoms with Gasteiger partial charge >= 0.3 is 0 Å². The van der Waals surface area contributed by atoms with Gasteiger partial charge in [0.1, 0.15) is 0 Å². The fourth-order valence-corrected chi connectivity index (χ4v) is 2.83. The number of nitrogens with zero attached hydrogens (tertiary/aromatic N) is 1. The van der Waals surface area contributed by atoms with Gasteiger partial charge in [-0.15, -0.1) is 0 Å². The summed E-state index contributed by atoms with van der Waals surface area (Å²) < 4.78 is 0. The van der Waals surface area contributed by atoms with Gasteiger partial charge in [-0.2, -0.15) is 0 Å². The summed E-state index contributed by atoms with van der Waals surface area (Å²) in [5.41, 5.74) is 0.451. The summed E-state index contributed by atoms with van der Waals surface area (Å²) >= 11 is 0. The zero-order valence-electron chi connectivity index (χ0n) is 12.4. The van der Waals surface area contributed by atoms with Crippen LogP contribution in [0.5, 0.6) is 0 Å². The molecule has 2 atom stereocenters. The first kappa shape index (κ1) is 15.0. The molecule has 0 aromatic rings. The van der Waals surface area contributed by atoms with Crippen LogP contribution >= 0.6 is 0 Å². The minimum absolute atomic E-state index is 0.451. The molecular weight excluding hydrogens is 208 g/mol. The van der Waals surface area contributed by atoms with Crippen LogP contribution in [-0.4, -0.2) is 37.6 Å². The molecule has 0 aliphatic carbocycles. The van der Waals surface area contributed by atoms with Gasteiger partial charge < -0.3 is 10.2 Å². The van der Waals surface area contributed by atoms with Crippen molar-refractivity contribution in [1.82, 2.24) is 10.2 Å². The minimum atomic E-state index is 0.451. The van der Waals surface area contributed by atoms with Crippen molar-refractivity contribution in [1.29, 1.82) is 0 Å². The van der Waals surface area contributed by atoms with E-state index in [-0.39, 0.29) is 0 Å². The first-order valence-electron chi connectivity index (χ1n) is 7.52. The zero-order chi connectivity index (χ0) is 12.7. The second kappa shape index (κ2) is 7.38. The molecule has 1 fully saturated rings. The Balaban J connectivity index is 2.37. The van der Waals surface area contributed by atoms with E-state index in [0.29, 0.717) is 5.41 Å². The van der Waals surface area contributed by atoms with Crippen molar-refractivity contribution < 1.29 is 0 Å². The summed E-state index contributed by atoms with van der Waals surface area (Å²) in [6, 6.07) is 0. The molecule has 0 aromatic carbocycles. The Morgan fingerprint density at radius 1 is 1.35 bits per heavy atom. The van der Waals surface area contributed by atoms with Gasteiger partial charge in [0.05, 0.1) is 0 Å². The molecule has 0 amide bonds. The van der Waals surface area contributed by atoms with E-state index in [1.54, 1.807) is 0 Å². The summed E-state index contributed by atoms with van der Waals surface area (Å²) in [7, 11) is 0. The van der Waals surface area contributed by atoms with E-state index in [2.05, 4.69) is 37.9 Å². The molecule has 1 saturated heterocycles. The molecule has 2 heteroatoms. The van der Waals surface area contributed by atoms with Crippen molar-refractivity contribution in [3.8, 4) is 0 Å². The van der Waals surface area contributed by atoms with Gasteiger partial charge in [0.25, 0.3) is 0 Å². The molecule has 1 heterocycles. The van der Waals surface area contributed by atoms with Crippen LogP contribution in [-0.2, 0) is 0 Å². The maximum Gasteiger partial charge on any atom is 0.00475 e. The lowest BCUT2D eigenvalue weighted by Gasteiger charge is -2.38. The van der Waals surface area contributed by atoms with Crippen molar-refractivity contribution >= 4 is 0 Å². The van der Waals surface area contributed by atoms with E-state index in [4.69, 9.17) is 0 Å². The maximum atomic E-state index is 3.60. The summed E-state index contributed by atoms with van der Waals surface area (Å²) in [5, 5.41) is 3.60. The van der Waals surface area contributed by atoms with Crippen LogP contribution in [0.4, 0.5) is 0 Å². The molecule has 17 heavy (non-hydrogen) atoms. The van der Waals surface area contributed by atoms with E-state index in [1.165, 1.54) is 51.9 Å². The highest BCUT2D eigenvalue weighted by atomic mass is 15.1. The Kier molecular flexibility index (Phi) is 6.50. The highest BCUT2D eigenvalue weighted by Crippen LogP contribution is 2.25. The van der Waals surface area contributed by atoms with Crippen molar-refractivity contribution in [2.24, 2.45) is 11.3 Å². The molecule has 2 nitrogen and oxygen atoms in total. The largest absolute Gasteiger partial charge is 0.316 e. The summed E-state index contributed by atoms with van der Waals surface area (Å²) in [4.78, 5) is 2.69. The zero-order valence-corrected chi connectivity index (χ0v) is 12.4. The Labute approximate surface area is 108 Å². The van der Waals surface area contributed by atoms with Crippen LogP contribution in [0, 0.1) is 11.3 Å². The quantitative estimate of drug-likeness (QED) is 0.688. The first-order valence-corrected chi connectivity index (χ1v) is 7.52. The van der Waals surface area contributed by atoms with Gasteiger partial charge in [0.15, 0.2) is 0 Å². The summed E-state index contributed by atoms with van der Waals surface area (Å²) in [6.07, 6.45) is 5.33. The SMILES string of the molecule is CCCNCC(C)(CC)CN1CCCC(C)C1. The predicted octanol–water partition coefficient (Wildman–Crippen LogP) is 3.13. The maximum absolute atomic E-state index is 3.60. The Morgan fingerprint density at radius 2 is 2.12 bits per heavy atom. The van der Waals surface area contributed by atoms with Crippen molar-refractivity contribution in [3.63, 3.8) is 0 Å². The molecule has 1 rings (SSSR count). The van der Waals surface area contributed by atoms with E-state index >= 15 is 0 Å². The second-order valence-electron chi connectivity index (χ2n) is 6.32. The number of hydrogen-bond donors (Lipinski definition) is 1. The van der Waals surface area contributed by atoms with Gasteiger partial charge in [-0.05, 0) is 50.1 Å². The Hall–Kier alpha value is -0.0800. The Bertz CT molecular complexity index is 205. The molecule has 1 N–H and O–H groups in total. The smallest absolute Gasteiger partial charge is 0.00475 e. The molecule has 0 saturated carbocycles. The van der Waals surface area contributed by atoms with Crippen molar-refractivity contribution in [2.45, 2.75) is 53.4 Å². The van der Waals surface area contributed by atoms with Crippen molar-refractivity contribution in [2.75, 3.05) is 32.7 Å². The normalized spacial score (nSPS) is 25.8. The number of hydrogen-bond acceptors (Lipinski definition) is 2. The number of likely N-dealkylation sites (tertiary alicyclic amines) is 1. The lowest BCUT2D eigenvalue weighted by Crippen LogP contribution is -2.45.